The molecule has 0 spiro atoms. The molecule has 1 heterocycles. The van der Waals surface area contributed by atoms with E-state index >= 15 is 0 Å². The Kier molecular flexibility index (Phi) is 2.41. The van der Waals surface area contributed by atoms with Gasteiger partial charge in [0.2, 0.25) is 0 Å². The Labute approximate surface area is 80.3 Å². The SMILES string of the molecule is CCCC1(CN2CCC(=O)C2)CC1. The molecule has 0 aromatic heterocycles. The number of nitrogens with zero attached hydrogens (tertiary/aromatic N) is 1. The molecule has 0 atom stereocenters. The van der Waals surface area contributed by atoms with E-state index in [0.29, 0.717) is 11.2 Å². The van der Waals surface area contributed by atoms with Crippen LogP contribution >= 0.6 is 0 Å². The summed E-state index contributed by atoms with van der Waals surface area (Å²) in [5.74, 6) is 0.437. The minimum atomic E-state index is 0.437. The normalized spacial score (nSPS) is 26.7. The van der Waals surface area contributed by atoms with Crippen molar-refractivity contribution >= 4 is 5.78 Å². The van der Waals surface area contributed by atoms with Crippen LogP contribution in [0.1, 0.15) is 39.0 Å². The van der Waals surface area contributed by atoms with Crippen LogP contribution in [0, 0.1) is 5.41 Å². The second kappa shape index (κ2) is 3.41. The summed E-state index contributed by atoms with van der Waals surface area (Å²) in [5.41, 5.74) is 0.624. The van der Waals surface area contributed by atoms with Crippen LogP contribution < -0.4 is 0 Å². The quantitative estimate of drug-likeness (QED) is 0.659. The lowest BCUT2D eigenvalue weighted by molar-refractivity contribution is -0.116. The number of Topliss-reactive ketones (excluding diaryl/α,β-unsaturated/α-hetero) is 1. The van der Waals surface area contributed by atoms with Crippen molar-refractivity contribution in [3.05, 3.63) is 0 Å². The molecule has 0 N–H and O–H groups in total. The highest BCUT2D eigenvalue weighted by Gasteiger charge is 2.43. The van der Waals surface area contributed by atoms with Crippen molar-refractivity contribution in [2.45, 2.75) is 39.0 Å². The minimum absolute atomic E-state index is 0.437. The van der Waals surface area contributed by atoms with E-state index in [4.69, 9.17) is 0 Å². The minimum Gasteiger partial charge on any atom is -0.298 e. The molecular weight excluding hydrogens is 162 g/mol. The molecule has 2 aliphatic rings. The van der Waals surface area contributed by atoms with Crippen molar-refractivity contribution in [2.24, 2.45) is 5.41 Å². The van der Waals surface area contributed by atoms with Gasteiger partial charge in [-0.05, 0) is 24.7 Å². The maximum absolute atomic E-state index is 11.1. The zero-order valence-electron chi connectivity index (χ0n) is 8.51. The smallest absolute Gasteiger partial charge is 0.148 e. The number of carbonyl (C=O) groups is 1. The maximum atomic E-state index is 11.1. The van der Waals surface area contributed by atoms with Crippen LogP contribution in [0.4, 0.5) is 0 Å². The van der Waals surface area contributed by atoms with Gasteiger partial charge >= 0.3 is 0 Å². The number of rotatable bonds is 4. The topological polar surface area (TPSA) is 20.3 Å². The molecule has 0 bridgehead atoms. The Bertz CT molecular complexity index is 208. The van der Waals surface area contributed by atoms with Crippen molar-refractivity contribution in [2.75, 3.05) is 19.6 Å². The summed E-state index contributed by atoms with van der Waals surface area (Å²) in [6.45, 7) is 5.19. The summed E-state index contributed by atoms with van der Waals surface area (Å²) in [5, 5.41) is 0. The van der Waals surface area contributed by atoms with Crippen LogP contribution in [0.2, 0.25) is 0 Å². The third-order valence-corrected chi connectivity index (χ3v) is 3.40. The average Bonchev–Trinajstić information content (AvgIpc) is 2.70. The number of hydrogen-bond donors (Lipinski definition) is 0. The number of likely N-dealkylation sites (tertiary alicyclic amines) is 1. The monoisotopic (exact) mass is 181 g/mol. The number of hydrogen-bond acceptors (Lipinski definition) is 2. The van der Waals surface area contributed by atoms with E-state index in [1.54, 1.807) is 0 Å². The van der Waals surface area contributed by atoms with Gasteiger partial charge in [0.1, 0.15) is 5.78 Å². The molecule has 0 unspecified atom stereocenters. The molecule has 13 heavy (non-hydrogen) atoms. The zero-order valence-corrected chi connectivity index (χ0v) is 8.51. The molecule has 2 fully saturated rings. The van der Waals surface area contributed by atoms with Gasteiger partial charge in [-0.25, -0.2) is 0 Å². The highest BCUT2D eigenvalue weighted by molar-refractivity contribution is 5.82. The standard InChI is InChI=1S/C11H19NO/c1-2-4-11(5-6-11)9-12-7-3-10(13)8-12/h2-9H2,1H3. The maximum Gasteiger partial charge on any atom is 0.148 e. The molecule has 2 nitrogen and oxygen atoms in total. The molecule has 1 saturated carbocycles. The van der Waals surface area contributed by atoms with Gasteiger partial charge in [-0.3, -0.25) is 9.69 Å². The van der Waals surface area contributed by atoms with Crippen LogP contribution in [0.25, 0.3) is 0 Å². The van der Waals surface area contributed by atoms with E-state index in [1.807, 2.05) is 0 Å². The predicted octanol–water partition coefficient (Wildman–Crippen LogP) is 1.84. The van der Waals surface area contributed by atoms with E-state index < -0.39 is 0 Å². The highest BCUT2D eigenvalue weighted by Crippen LogP contribution is 2.50. The molecular formula is C11H19NO. The van der Waals surface area contributed by atoms with Crippen LogP contribution in [-0.2, 0) is 4.79 Å². The van der Waals surface area contributed by atoms with Crippen LogP contribution in [0.15, 0.2) is 0 Å². The van der Waals surface area contributed by atoms with Gasteiger partial charge in [-0.1, -0.05) is 13.3 Å². The summed E-state index contributed by atoms with van der Waals surface area (Å²) in [4.78, 5) is 13.4. The van der Waals surface area contributed by atoms with Gasteiger partial charge in [0.25, 0.3) is 0 Å². The van der Waals surface area contributed by atoms with Crippen LogP contribution in [0.5, 0.6) is 0 Å². The third kappa shape index (κ3) is 2.11. The second-order valence-electron chi connectivity index (χ2n) is 4.75. The molecule has 1 aliphatic carbocycles. The van der Waals surface area contributed by atoms with E-state index in [9.17, 15) is 4.79 Å². The Morgan fingerprint density at radius 1 is 1.46 bits per heavy atom. The first kappa shape index (κ1) is 9.20. The first-order valence-corrected chi connectivity index (χ1v) is 5.48. The Balaban J connectivity index is 1.81. The van der Waals surface area contributed by atoms with Gasteiger partial charge in [0, 0.05) is 19.5 Å². The third-order valence-electron chi connectivity index (χ3n) is 3.40. The van der Waals surface area contributed by atoms with Crippen molar-refractivity contribution in [1.29, 1.82) is 0 Å². The van der Waals surface area contributed by atoms with Gasteiger partial charge in [0.05, 0.1) is 6.54 Å². The molecule has 2 heteroatoms. The molecule has 0 aromatic rings. The molecule has 1 aliphatic heterocycles. The first-order chi connectivity index (χ1) is 6.24. The summed E-state index contributed by atoms with van der Waals surface area (Å²) >= 11 is 0. The van der Waals surface area contributed by atoms with E-state index in [0.717, 1.165) is 19.5 Å². The molecule has 2 rings (SSSR count). The van der Waals surface area contributed by atoms with E-state index in [2.05, 4.69) is 11.8 Å². The van der Waals surface area contributed by atoms with Gasteiger partial charge in [-0.2, -0.15) is 0 Å². The van der Waals surface area contributed by atoms with E-state index in [-0.39, 0.29) is 0 Å². The van der Waals surface area contributed by atoms with Gasteiger partial charge < -0.3 is 0 Å². The Hall–Kier alpha value is -0.370. The fraction of sp³-hybridized carbons (Fsp3) is 0.909. The summed E-state index contributed by atoms with van der Waals surface area (Å²) in [7, 11) is 0. The second-order valence-corrected chi connectivity index (χ2v) is 4.75. The highest BCUT2D eigenvalue weighted by atomic mass is 16.1. The summed E-state index contributed by atoms with van der Waals surface area (Å²) < 4.78 is 0. The fourth-order valence-electron chi connectivity index (χ4n) is 2.49. The lowest BCUT2D eigenvalue weighted by atomic mass is 10.0. The molecule has 0 aromatic carbocycles. The molecule has 0 radical (unpaired) electrons. The lowest BCUT2D eigenvalue weighted by Crippen LogP contribution is -2.28. The Morgan fingerprint density at radius 2 is 2.23 bits per heavy atom. The first-order valence-electron chi connectivity index (χ1n) is 5.48. The van der Waals surface area contributed by atoms with Crippen molar-refractivity contribution in [1.82, 2.24) is 4.90 Å². The largest absolute Gasteiger partial charge is 0.298 e. The zero-order chi connectivity index (χ0) is 9.31. The molecule has 0 amide bonds. The molecule has 74 valence electrons. The van der Waals surface area contributed by atoms with Crippen molar-refractivity contribution in [3.63, 3.8) is 0 Å². The fourth-order valence-corrected chi connectivity index (χ4v) is 2.49. The van der Waals surface area contributed by atoms with E-state index in [1.165, 1.54) is 32.2 Å². The van der Waals surface area contributed by atoms with Crippen LogP contribution in [-0.4, -0.2) is 30.3 Å². The Morgan fingerprint density at radius 3 is 2.69 bits per heavy atom. The van der Waals surface area contributed by atoms with Gasteiger partial charge in [-0.15, -0.1) is 0 Å². The summed E-state index contributed by atoms with van der Waals surface area (Å²) in [6, 6.07) is 0. The van der Waals surface area contributed by atoms with Crippen molar-refractivity contribution in [3.8, 4) is 0 Å². The predicted molar refractivity (Wildman–Crippen MR) is 52.6 cm³/mol. The van der Waals surface area contributed by atoms with Crippen LogP contribution in [0.3, 0.4) is 0 Å². The number of carbonyl (C=O) groups excluding carboxylic acids is 1. The summed E-state index contributed by atoms with van der Waals surface area (Å²) in [6.07, 6.45) is 6.23. The molecule has 1 saturated heterocycles. The number of ketones is 1. The lowest BCUT2D eigenvalue weighted by Gasteiger charge is -2.21. The average molecular weight is 181 g/mol. The van der Waals surface area contributed by atoms with Crippen molar-refractivity contribution < 1.29 is 4.79 Å². The van der Waals surface area contributed by atoms with Gasteiger partial charge in [0.15, 0.2) is 0 Å².